The van der Waals surface area contributed by atoms with E-state index in [0.717, 1.165) is 38.6 Å². The Hall–Kier alpha value is -3.16. The van der Waals surface area contributed by atoms with Crippen LogP contribution in [0.5, 0.6) is 0 Å². The van der Waals surface area contributed by atoms with Gasteiger partial charge in [0.05, 0.1) is 11.3 Å². The molecule has 39 heavy (non-hydrogen) atoms. The van der Waals surface area contributed by atoms with E-state index in [1.165, 1.54) is 22.4 Å². The standard InChI is InChI=1S/C30H32Cl2N4O3/c31-25-11-6-12-26(32)23(25)15-27-24(29(39)36(19-28(37)38)17-20-7-2-1-3-8-20)16-33-30(34-27)35-14-13-21-9-4-5-10-22(21)18-35/h4-6,9-12,16,20H,1-3,7-8,13-15,17-19H2,(H,37,38). The van der Waals surface area contributed by atoms with Gasteiger partial charge in [-0.25, -0.2) is 9.97 Å². The molecule has 3 aromatic rings. The molecule has 1 amide bonds. The molecule has 1 saturated carbocycles. The molecular weight excluding hydrogens is 535 g/mol. The molecule has 0 radical (unpaired) electrons. The molecule has 5 rings (SSSR count). The molecule has 2 aliphatic rings. The normalized spacial score (nSPS) is 15.6. The van der Waals surface area contributed by atoms with Gasteiger partial charge in [-0.2, -0.15) is 0 Å². The summed E-state index contributed by atoms with van der Waals surface area (Å²) in [5.74, 6) is -0.607. The van der Waals surface area contributed by atoms with Gasteiger partial charge in [0.1, 0.15) is 6.54 Å². The van der Waals surface area contributed by atoms with Crippen LogP contribution in [-0.2, 0) is 24.2 Å². The molecule has 0 spiro atoms. The number of carbonyl (C=O) groups is 2. The number of nitrogens with zero attached hydrogens (tertiary/aromatic N) is 4. The van der Waals surface area contributed by atoms with E-state index in [9.17, 15) is 14.7 Å². The van der Waals surface area contributed by atoms with Crippen molar-refractivity contribution in [2.24, 2.45) is 5.92 Å². The summed E-state index contributed by atoms with van der Waals surface area (Å²) in [4.78, 5) is 38.7. The van der Waals surface area contributed by atoms with E-state index in [0.29, 0.717) is 40.3 Å². The van der Waals surface area contributed by atoms with E-state index in [-0.39, 0.29) is 30.4 Å². The lowest BCUT2D eigenvalue weighted by atomic mass is 9.89. The number of amides is 1. The van der Waals surface area contributed by atoms with Gasteiger partial charge >= 0.3 is 5.97 Å². The second kappa shape index (κ2) is 12.3. The third-order valence-corrected chi connectivity index (χ3v) is 8.43. The van der Waals surface area contributed by atoms with Gasteiger partial charge in [0.25, 0.3) is 5.91 Å². The van der Waals surface area contributed by atoms with E-state index in [1.807, 2.05) is 12.1 Å². The molecule has 2 aromatic carbocycles. The maximum Gasteiger partial charge on any atom is 0.323 e. The molecule has 1 fully saturated rings. The Morgan fingerprint density at radius 2 is 1.72 bits per heavy atom. The van der Waals surface area contributed by atoms with Gasteiger partial charge < -0.3 is 14.9 Å². The number of fused-ring (bicyclic) bond motifs is 1. The fraction of sp³-hybridized carbons (Fsp3) is 0.400. The molecule has 204 valence electrons. The van der Waals surface area contributed by atoms with Crippen LogP contribution in [0, 0.1) is 5.92 Å². The Morgan fingerprint density at radius 3 is 2.44 bits per heavy atom. The lowest BCUT2D eigenvalue weighted by Gasteiger charge is -2.30. The second-order valence-electron chi connectivity index (χ2n) is 10.4. The number of rotatable bonds is 8. The Kier molecular flexibility index (Phi) is 8.68. The highest BCUT2D eigenvalue weighted by molar-refractivity contribution is 6.36. The van der Waals surface area contributed by atoms with Crippen LogP contribution in [-0.4, -0.2) is 51.5 Å². The second-order valence-corrected chi connectivity index (χ2v) is 11.2. The number of halogens is 2. The van der Waals surface area contributed by atoms with Gasteiger partial charge in [-0.3, -0.25) is 9.59 Å². The third kappa shape index (κ3) is 6.53. The predicted octanol–water partition coefficient (Wildman–Crippen LogP) is 6.04. The van der Waals surface area contributed by atoms with Crippen molar-refractivity contribution in [1.29, 1.82) is 0 Å². The van der Waals surface area contributed by atoms with Crippen LogP contribution in [0.15, 0.2) is 48.7 Å². The lowest BCUT2D eigenvalue weighted by molar-refractivity contribution is -0.137. The molecule has 2 heterocycles. The zero-order valence-corrected chi connectivity index (χ0v) is 23.3. The monoisotopic (exact) mass is 566 g/mol. The van der Waals surface area contributed by atoms with Gasteiger partial charge in [0.15, 0.2) is 0 Å². The minimum Gasteiger partial charge on any atom is -0.480 e. The summed E-state index contributed by atoms with van der Waals surface area (Å²) in [5.41, 5.74) is 3.97. The number of hydrogen-bond donors (Lipinski definition) is 1. The van der Waals surface area contributed by atoms with E-state index in [4.69, 9.17) is 28.2 Å². The minimum absolute atomic E-state index is 0.226. The maximum absolute atomic E-state index is 13.9. The predicted molar refractivity (Wildman–Crippen MR) is 153 cm³/mol. The number of carbonyl (C=O) groups excluding carboxylic acids is 1. The van der Waals surface area contributed by atoms with Crippen molar-refractivity contribution in [3.05, 3.63) is 86.7 Å². The number of carboxylic acid groups (broad SMARTS) is 1. The summed E-state index contributed by atoms with van der Waals surface area (Å²) >= 11 is 13.0. The lowest BCUT2D eigenvalue weighted by Crippen LogP contribution is -2.40. The molecule has 1 aromatic heterocycles. The first-order valence-corrected chi connectivity index (χ1v) is 14.3. The highest BCUT2D eigenvalue weighted by atomic mass is 35.5. The highest BCUT2D eigenvalue weighted by Gasteiger charge is 2.28. The Bertz CT molecular complexity index is 1340. The summed E-state index contributed by atoms with van der Waals surface area (Å²) in [6, 6.07) is 13.6. The molecule has 0 bridgehead atoms. The van der Waals surface area contributed by atoms with Crippen LogP contribution in [0.1, 0.15) is 64.8 Å². The zero-order valence-electron chi connectivity index (χ0n) is 21.8. The van der Waals surface area contributed by atoms with Crippen molar-refractivity contribution in [3.8, 4) is 0 Å². The van der Waals surface area contributed by atoms with Gasteiger partial charge in [-0.15, -0.1) is 0 Å². The van der Waals surface area contributed by atoms with Crippen LogP contribution in [0.2, 0.25) is 10.0 Å². The first-order chi connectivity index (χ1) is 18.9. The average Bonchev–Trinajstić information content (AvgIpc) is 2.94. The highest BCUT2D eigenvalue weighted by Crippen LogP contribution is 2.30. The Morgan fingerprint density at radius 1 is 1.00 bits per heavy atom. The molecule has 1 aliphatic carbocycles. The van der Waals surface area contributed by atoms with Gasteiger partial charge in [-0.1, -0.05) is 72.8 Å². The van der Waals surface area contributed by atoms with Crippen LogP contribution in [0.3, 0.4) is 0 Å². The number of benzene rings is 2. The minimum atomic E-state index is -1.04. The molecule has 1 aliphatic heterocycles. The third-order valence-electron chi connectivity index (χ3n) is 7.72. The topological polar surface area (TPSA) is 86.6 Å². The first kappa shape index (κ1) is 27.4. The molecule has 1 N–H and O–H groups in total. The van der Waals surface area contributed by atoms with Crippen molar-refractivity contribution in [2.75, 3.05) is 24.5 Å². The summed E-state index contributed by atoms with van der Waals surface area (Å²) in [7, 11) is 0. The van der Waals surface area contributed by atoms with Crippen LogP contribution < -0.4 is 4.90 Å². The Labute approximate surface area is 238 Å². The summed E-state index contributed by atoms with van der Waals surface area (Å²) < 4.78 is 0. The average molecular weight is 568 g/mol. The fourth-order valence-corrected chi connectivity index (χ4v) is 6.17. The molecule has 7 nitrogen and oxygen atoms in total. The zero-order chi connectivity index (χ0) is 27.4. The van der Waals surface area contributed by atoms with E-state index in [2.05, 4.69) is 22.0 Å². The van der Waals surface area contributed by atoms with Gasteiger partial charge in [0, 0.05) is 42.3 Å². The van der Waals surface area contributed by atoms with E-state index < -0.39 is 5.97 Å². The van der Waals surface area contributed by atoms with Gasteiger partial charge in [0.2, 0.25) is 5.95 Å². The molecular formula is C30H32Cl2N4O3. The fourth-order valence-electron chi connectivity index (χ4n) is 5.64. The smallest absolute Gasteiger partial charge is 0.323 e. The molecule has 0 unspecified atom stereocenters. The van der Waals surface area contributed by atoms with Crippen LogP contribution in [0.4, 0.5) is 5.95 Å². The van der Waals surface area contributed by atoms with E-state index in [1.54, 1.807) is 24.4 Å². The Balaban J connectivity index is 1.50. The number of carboxylic acids is 1. The summed E-state index contributed by atoms with van der Waals surface area (Å²) in [5, 5.41) is 10.6. The summed E-state index contributed by atoms with van der Waals surface area (Å²) in [6.45, 7) is 1.46. The summed E-state index contributed by atoms with van der Waals surface area (Å²) in [6.07, 6.45) is 8.03. The van der Waals surface area contributed by atoms with Crippen LogP contribution in [0.25, 0.3) is 0 Å². The quantitative estimate of drug-likeness (QED) is 0.357. The number of hydrogen-bond acceptors (Lipinski definition) is 5. The van der Waals surface area contributed by atoms with Crippen molar-refractivity contribution in [1.82, 2.24) is 14.9 Å². The van der Waals surface area contributed by atoms with Crippen molar-refractivity contribution in [2.45, 2.75) is 51.5 Å². The van der Waals surface area contributed by atoms with E-state index >= 15 is 0 Å². The first-order valence-electron chi connectivity index (χ1n) is 13.5. The van der Waals surface area contributed by atoms with Crippen LogP contribution >= 0.6 is 23.2 Å². The van der Waals surface area contributed by atoms with Crippen molar-refractivity contribution < 1.29 is 14.7 Å². The molecule has 0 saturated heterocycles. The SMILES string of the molecule is O=C(O)CN(CC1CCCCC1)C(=O)c1cnc(N2CCc3ccccc3C2)nc1Cc1c(Cl)cccc1Cl. The molecule has 9 heteroatoms. The maximum atomic E-state index is 13.9. The van der Waals surface area contributed by atoms with Crippen molar-refractivity contribution >= 4 is 41.0 Å². The molecule has 0 atom stereocenters. The number of anilines is 1. The number of aromatic nitrogens is 2. The van der Waals surface area contributed by atoms with Crippen molar-refractivity contribution in [3.63, 3.8) is 0 Å². The number of aliphatic carboxylic acids is 1. The van der Waals surface area contributed by atoms with Gasteiger partial charge in [-0.05, 0) is 54.0 Å². The largest absolute Gasteiger partial charge is 0.480 e.